The fraction of sp³-hybridized carbons (Fsp3) is 0.182. The summed E-state index contributed by atoms with van der Waals surface area (Å²) < 4.78 is 22.4. The van der Waals surface area contributed by atoms with Crippen molar-refractivity contribution in [2.45, 2.75) is 11.4 Å². The molecular weight excluding hydrogens is 532 g/mol. The molecule has 1 aromatic heterocycles. The topological polar surface area (TPSA) is 74.8 Å². The Bertz CT molecular complexity index is 1720. The van der Waals surface area contributed by atoms with Gasteiger partial charge in [0.2, 0.25) is 0 Å². The van der Waals surface area contributed by atoms with Crippen LogP contribution >= 0.6 is 0 Å². The standard InChI is InChI=1S/C33H32N4O3S/c1-41(39,31-9-3-7-27-8-4-18-34-32(27)31)35-29-14-12-28(13-15-29)33(38)37-21-19-36(20-22-37)23-25-10-16-30(17-11-25)40-24-26-5-2-6-26/h2-18H,1,19-24H2,(H,35,39). The summed E-state index contributed by atoms with van der Waals surface area (Å²) in [6.45, 7) is 4.41. The average molecular weight is 565 g/mol. The normalized spacial score (nSPS) is 16.5. The quantitative estimate of drug-likeness (QED) is 0.284. The Morgan fingerprint density at radius 2 is 1.68 bits per heavy atom. The molecule has 1 amide bonds. The van der Waals surface area contributed by atoms with Gasteiger partial charge in [0.1, 0.15) is 12.4 Å². The van der Waals surface area contributed by atoms with Gasteiger partial charge < -0.3 is 14.4 Å². The number of hydrogen-bond acceptors (Lipinski definition) is 5. The molecule has 1 saturated heterocycles. The number of piperazine rings is 1. The molecule has 0 spiro atoms. The van der Waals surface area contributed by atoms with Crippen LogP contribution in [0.5, 0.6) is 5.75 Å². The van der Waals surface area contributed by atoms with E-state index in [4.69, 9.17) is 4.74 Å². The van der Waals surface area contributed by atoms with Crippen molar-refractivity contribution in [1.29, 1.82) is 0 Å². The van der Waals surface area contributed by atoms with Crippen molar-refractivity contribution in [1.82, 2.24) is 14.8 Å². The van der Waals surface area contributed by atoms with Crippen molar-refractivity contribution in [2.24, 2.45) is 0 Å². The number of allylic oxidation sites excluding steroid dienone is 2. The Morgan fingerprint density at radius 1 is 0.951 bits per heavy atom. The zero-order valence-corrected chi connectivity index (χ0v) is 23.6. The highest BCUT2D eigenvalue weighted by atomic mass is 32.2. The molecule has 41 heavy (non-hydrogen) atoms. The first kappa shape index (κ1) is 26.8. The third-order valence-corrected chi connectivity index (χ3v) is 8.99. The minimum absolute atomic E-state index is 0.00253. The number of amides is 1. The Morgan fingerprint density at radius 3 is 2.39 bits per heavy atom. The average Bonchev–Trinajstić information content (AvgIpc) is 2.97. The SMILES string of the molecule is C=S(=O)(Nc1ccc(C(=O)N2CCN(Cc3ccc(OCC4=CC=C4)cc3)CC2)cc1)c1cccc2cccnc12. The molecular formula is C33H32N4O3S. The van der Waals surface area contributed by atoms with E-state index in [1.165, 1.54) is 11.1 Å². The van der Waals surface area contributed by atoms with Crippen molar-refractivity contribution < 1.29 is 13.7 Å². The van der Waals surface area contributed by atoms with Crippen molar-refractivity contribution >= 4 is 38.1 Å². The van der Waals surface area contributed by atoms with Gasteiger partial charge in [0.25, 0.3) is 5.91 Å². The van der Waals surface area contributed by atoms with Crippen LogP contribution in [0.25, 0.3) is 10.9 Å². The first-order chi connectivity index (χ1) is 19.9. The maximum absolute atomic E-state index is 13.5. The summed E-state index contributed by atoms with van der Waals surface area (Å²) in [5.74, 6) is 4.84. The lowest BCUT2D eigenvalue weighted by atomic mass is 10.1. The maximum Gasteiger partial charge on any atom is 0.253 e. The summed E-state index contributed by atoms with van der Waals surface area (Å²) in [7, 11) is -2.86. The van der Waals surface area contributed by atoms with E-state index in [0.717, 1.165) is 30.8 Å². The Hall–Kier alpha value is -4.40. The fourth-order valence-electron chi connectivity index (χ4n) is 5.00. The number of para-hydroxylation sites is 1. The van der Waals surface area contributed by atoms with Crippen LogP contribution in [-0.2, 0) is 16.3 Å². The monoisotopic (exact) mass is 564 g/mol. The van der Waals surface area contributed by atoms with Gasteiger partial charge in [0.15, 0.2) is 0 Å². The van der Waals surface area contributed by atoms with E-state index in [-0.39, 0.29) is 5.91 Å². The smallest absolute Gasteiger partial charge is 0.253 e. The number of carbonyl (C=O) groups excluding carboxylic acids is 1. The van der Waals surface area contributed by atoms with Crippen LogP contribution in [0, 0.1) is 0 Å². The molecule has 0 radical (unpaired) electrons. The highest BCUT2D eigenvalue weighted by molar-refractivity contribution is 8.01. The first-order valence-electron chi connectivity index (χ1n) is 13.6. The Balaban J connectivity index is 1.01. The summed E-state index contributed by atoms with van der Waals surface area (Å²) in [4.78, 5) is 22.4. The number of benzene rings is 3. The molecule has 2 aliphatic rings. The van der Waals surface area contributed by atoms with Crippen LogP contribution in [-0.4, -0.2) is 63.6 Å². The number of ether oxygens (including phenoxy) is 1. The van der Waals surface area contributed by atoms with Crippen molar-refractivity contribution in [3.63, 3.8) is 0 Å². The van der Waals surface area contributed by atoms with Gasteiger partial charge in [-0.05, 0) is 65.5 Å². The van der Waals surface area contributed by atoms with E-state index in [9.17, 15) is 9.00 Å². The minimum Gasteiger partial charge on any atom is -0.489 e. The van der Waals surface area contributed by atoms with Gasteiger partial charge in [-0.2, -0.15) is 0 Å². The van der Waals surface area contributed by atoms with Crippen LogP contribution < -0.4 is 9.46 Å². The van der Waals surface area contributed by atoms with E-state index in [1.807, 2.05) is 47.4 Å². The molecule has 1 aliphatic carbocycles. The van der Waals surface area contributed by atoms with Crippen LogP contribution in [0.1, 0.15) is 15.9 Å². The second-order valence-electron chi connectivity index (χ2n) is 10.3. The van der Waals surface area contributed by atoms with Crippen LogP contribution in [0.2, 0.25) is 0 Å². The Kier molecular flexibility index (Phi) is 7.59. The number of fused-ring (bicyclic) bond motifs is 1. The molecule has 2 heterocycles. The van der Waals surface area contributed by atoms with Gasteiger partial charge in [-0.15, -0.1) is 0 Å². The lowest BCUT2D eigenvalue weighted by Crippen LogP contribution is -2.48. The maximum atomic E-state index is 13.5. The summed E-state index contributed by atoms with van der Waals surface area (Å²) >= 11 is 0. The zero-order valence-electron chi connectivity index (χ0n) is 22.7. The van der Waals surface area contributed by atoms with Gasteiger partial charge >= 0.3 is 0 Å². The highest BCUT2D eigenvalue weighted by Crippen LogP contribution is 2.24. The number of nitrogens with one attached hydrogen (secondary N) is 1. The molecule has 8 heteroatoms. The largest absolute Gasteiger partial charge is 0.489 e. The van der Waals surface area contributed by atoms with E-state index in [0.29, 0.717) is 41.4 Å². The van der Waals surface area contributed by atoms with Crippen molar-refractivity contribution in [3.05, 3.63) is 120 Å². The van der Waals surface area contributed by atoms with Gasteiger partial charge in [0, 0.05) is 55.6 Å². The number of aromatic nitrogens is 1. The van der Waals surface area contributed by atoms with Crippen LogP contribution in [0.15, 0.2) is 114 Å². The summed E-state index contributed by atoms with van der Waals surface area (Å²) in [6, 6.07) is 24.7. The van der Waals surface area contributed by atoms with Crippen molar-refractivity contribution in [3.8, 4) is 5.75 Å². The second kappa shape index (κ2) is 11.6. The number of hydrogen-bond donors (Lipinski definition) is 1. The van der Waals surface area contributed by atoms with E-state index >= 15 is 0 Å². The molecule has 1 atom stereocenters. The summed E-state index contributed by atoms with van der Waals surface area (Å²) in [6.07, 6.45) is 7.81. The van der Waals surface area contributed by atoms with Crippen LogP contribution in [0.4, 0.5) is 5.69 Å². The summed E-state index contributed by atoms with van der Waals surface area (Å²) in [5.41, 5.74) is 4.33. The molecule has 7 nitrogen and oxygen atoms in total. The first-order valence-corrected chi connectivity index (χ1v) is 15.4. The number of rotatable bonds is 9. The molecule has 0 bridgehead atoms. The molecule has 208 valence electrons. The Labute approximate surface area is 240 Å². The molecule has 1 N–H and O–H groups in total. The molecule has 6 rings (SSSR count). The highest BCUT2D eigenvalue weighted by Gasteiger charge is 2.22. The van der Waals surface area contributed by atoms with Crippen LogP contribution in [0.3, 0.4) is 0 Å². The summed E-state index contributed by atoms with van der Waals surface area (Å²) in [5, 5.41) is 0.905. The lowest BCUT2D eigenvalue weighted by molar-refractivity contribution is 0.0628. The molecule has 4 aromatic rings. The predicted molar refractivity (Wildman–Crippen MR) is 166 cm³/mol. The molecule has 1 unspecified atom stereocenters. The molecule has 1 aliphatic heterocycles. The number of carbonyl (C=O) groups is 1. The van der Waals surface area contributed by atoms with Gasteiger partial charge in [0.05, 0.1) is 20.1 Å². The molecule has 3 aromatic carbocycles. The fourth-order valence-corrected chi connectivity index (χ4v) is 6.41. The van der Waals surface area contributed by atoms with E-state index in [2.05, 4.69) is 44.8 Å². The second-order valence-corrected chi connectivity index (χ2v) is 12.3. The predicted octanol–water partition coefficient (Wildman–Crippen LogP) is 5.17. The third kappa shape index (κ3) is 6.19. The number of pyridine rings is 1. The lowest BCUT2D eigenvalue weighted by Gasteiger charge is -2.34. The number of anilines is 1. The van der Waals surface area contributed by atoms with Gasteiger partial charge in [-0.1, -0.05) is 48.6 Å². The zero-order chi connectivity index (χ0) is 28.2. The minimum atomic E-state index is -2.86. The van der Waals surface area contributed by atoms with E-state index < -0.39 is 9.71 Å². The van der Waals surface area contributed by atoms with Crippen molar-refractivity contribution in [2.75, 3.05) is 37.5 Å². The molecule has 0 saturated carbocycles. The van der Waals surface area contributed by atoms with Gasteiger partial charge in [-0.25, -0.2) is 4.21 Å². The van der Waals surface area contributed by atoms with Gasteiger partial charge in [-0.3, -0.25) is 14.7 Å². The third-order valence-electron chi connectivity index (χ3n) is 7.38. The molecule has 1 fully saturated rings. The number of nitrogens with zero attached hydrogens (tertiary/aromatic N) is 3. The van der Waals surface area contributed by atoms with E-state index in [1.54, 1.807) is 36.5 Å².